The molecule has 7 nitrogen and oxygen atoms in total. The van der Waals surface area contributed by atoms with Crippen LogP contribution < -0.4 is 4.18 Å². The first-order valence-corrected chi connectivity index (χ1v) is 15.9. The zero-order chi connectivity index (χ0) is 32.2. The second kappa shape index (κ2) is 13.7. The van der Waals surface area contributed by atoms with Crippen LogP contribution in [0, 0.1) is 5.82 Å². The van der Waals surface area contributed by atoms with Crippen LogP contribution in [0.15, 0.2) is 72.8 Å². The minimum Gasteiger partial charge on any atom is -0.376 e. The molecule has 1 aliphatic heterocycles. The molecule has 238 valence electrons. The summed E-state index contributed by atoms with van der Waals surface area (Å²) in [5, 5.41) is 0. The van der Waals surface area contributed by atoms with Crippen molar-refractivity contribution in [2.24, 2.45) is 0 Å². The van der Waals surface area contributed by atoms with Gasteiger partial charge in [0, 0.05) is 55.9 Å². The highest BCUT2D eigenvalue weighted by atomic mass is 32.2. The van der Waals surface area contributed by atoms with Gasteiger partial charge in [0.15, 0.2) is 0 Å². The molecule has 1 saturated heterocycles. The number of benzene rings is 3. The SMILES string of the molecule is CCN(CC)C(=O)c1ccc([C@H](c2cccc(OS(=O)(=O)C(F)(F)F)c2)N2C[C@@H](C)N(Cc3ccccc3F)C[C@H]2C)cc1. The molecule has 0 spiro atoms. The van der Waals surface area contributed by atoms with Gasteiger partial charge in [-0.3, -0.25) is 14.6 Å². The van der Waals surface area contributed by atoms with Gasteiger partial charge in [-0.15, -0.1) is 0 Å². The van der Waals surface area contributed by atoms with E-state index in [1.165, 1.54) is 18.2 Å². The monoisotopic (exact) mass is 635 g/mol. The van der Waals surface area contributed by atoms with Crippen molar-refractivity contribution in [3.05, 3.63) is 101 Å². The molecule has 1 fully saturated rings. The van der Waals surface area contributed by atoms with E-state index in [4.69, 9.17) is 0 Å². The number of halogens is 4. The molecule has 1 amide bonds. The van der Waals surface area contributed by atoms with Crippen LogP contribution in [0.2, 0.25) is 0 Å². The lowest BCUT2D eigenvalue weighted by Crippen LogP contribution is -2.56. The molecule has 0 N–H and O–H groups in total. The topological polar surface area (TPSA) is 70.2 Å². The zero-order valence-electron chi connectivity index (χ0n) is 25.1. The molecule has 4 rings (SSSR count). The highest BCUT2D eigenvalue weighted by Crippen LogP contribution is 2.36. The summed E-state index contributed by atoms with van der Waals surface area (Å²) < 4.78 is 81.7. The molecule has 0 aliphatic carbocycles. The van der Waals surface area contributed by atoms with Gasteiger partial charge >= 0.3 is 15.6 Å². The maximum absolute atomic E-state index is 14.4. The van der Waals surface area contributed by atoms with Crippen LogP contribution >= 0.6 is 0 Å². The molecule has 1 aliphatic rings. The minimum atomic E-state index is -5.86. The number of piperazine rings is 1. The molecule has 0 unspecified atom stereocenters. The van der Waals surface area contributed by atoms with Gasteiger partial charge in [-0.2, -0.15) is 21.6 Å². The fourth-order valence-electron chi connectivity index (χ4n) is 5.64. The van der Waals surface area contributed by atoms with Gasteiger partial charge in [-0.05, 0) is 69.2 Å². The highest BCUT2D eigenvalue weighted by molar-refractivity contribution is 7.88. The van der Waals surface area contributed by atoms with E-state index in [2.05, 4.69) is 14.0 Å². The number of nitrogens with zero attached hydrogens (tertiary/aromatic N) is 3. The smallest absolute Gasteiger partial charge is 0.376 e. The molecule has 0 bridgehead atoms. The third-order valence-electron chi connectivity index (χ3n) is 8.01. The Balaban J connectivity index is 1.70. The highest BCUT2D eigenvalue weighted by Gasteiger charge is 2.48. The zero-order valence-corrected chi connectivity index (χ0v) is 25.9. The number of carbonyl (C=O) groups excluding carboxylic acids is 1. The Hall–Kier alpha value is -3.48. The fraction of sp³-hybridized carbons (Fsp3) is 0.406. The van der Waals surface area contributed by atoms with Crippen molar-refractivity contribution >= 4 is 16.0 Å². The van der Waals surface area contributed by atoms with Crippen molar-refractivity contribution in [1.82, 2.24) is 14.7 Å². The van der Waals surface area contributed by atoms with Gasteiger partial charge in [-0.25, -0.2) is 4.39 Å². The lowest BCUT2D eigenvalue weighted by atomic mass is 9.92. The summed E-state index contributed by atoms with van der Waals surface area (Å²) in [5.74, 6) is -0.857. The number of alkyl halides is 3. The standard InChI is InChI=1S/C32H37F4N3O4S/c1-5-37(6-2)31(40)25-16-14-24(15-17-25)30(26-11-9-12-28(18-26)43-44(41,42)32(34,35)36)39-20-22(3)38(19-23(39)4)21-27-10-7-8-13-29(27)33/h7-18,22-23,30H,5-6,19-21H2,1-4H3/t22-,23-,30-/m1/s1. The normalized spacial score (nSPS) is 19.0. The van der Waals surface area contributed by atoms with Crippen molar-refractivity contribution in [2.75, 3.05) is 26.2 Å². The molecule has 3 atom stereocenters. The Morgan fingerprint density at radius 1 is 0.932 bits per heavy atom. The second-order valence-corrected chi connectivity index (χ2v) is 12.5. The van der Waals surface area contributed by atoms with E-state index >= 15 is 0 Å². The molecular weight excluding hydrogens is 598 g/mol. The first kappa shape index (κ1) is 33.4. The Labute approximate surface area is 256 Å². The van der Waals surface area contributed by atoms with E-state index in [1.54, 1.807) is 41.3 Å². The Morgan fingerprint density at radius 3 is 2.20 bits per heavy atom. The lowest BCUT2D eigenvalue weighted by Gasteiger charge is -2.47. The Bertz CT molecular complexity index is 1550. The Kier molecular flexibility index (Phi) is 10.4. The maximum Gasteiger partial charge on any atom is 0.534 e. The fourth-order valence-corrected chi connectivity index (χ4v) is 6.09. The molecule has 0 radical (unpaired) electrons. The van der Waals surface area contributed by atoms with Gasteiger partial charge in [0.1, 0.15) is 11.6 Å². The summed E-state index contributed by atoms with van der Waals surface area (Å²) in [7, 11) is -5.86. The quantitative estimate of drug-likeness (QED) is 0.150. The van der Waals surface area contributed by atoms with Crippen LogP contribution in [0.5, 0.6) is 5.75 Å². The second-order valence-electron chi connectivity index (χ2n) is 11.0. The summed E-state index contributed by atoms with van der Waals surface area (Å²) in [6.45, 7) is 10.5. The van der Waals surface area contributed by atoms with E-state index in [0.29, 0.717) is 49.4 Å². The number of hydrogen-bond acceptors (Lipinski definition) is 6. The maximum atomic E-state index is 14.4. The molecule has 12 heteroatoms. The van der Waals surface area contributed by atoms with Gasteiger partial charge in [0.2, 0.25) is 0 Å². The molecule has 0 aromatic heterocycles. The Morgan fingerprint density at radius 2 is 1.59 bits per heavy atom. The summed E-state index contributed by atoms with van der Waals surface area (Å²) in [4.78, 5) is 19.0. The van der Waals surface area contributed by atoms with Crippen molar-refractivity contribution in [3.63, 3.8) is 0 Å². The average Bonchev–Trinajstić information content (AvgIpc) is 2.97. The predicted molar refractivity (Wildman–Crippen MR) is 160 cm³/mol. The molecular formula is C32H37F4N3O4S. The first-order chi connectivity index (χ1) is 20.8. The molecule has 1 heterocycles. The summed E-state index contributed by atoms with van der Waals surface area (Å²) in [5.41, 5.74) is -3.21. The molecule has 3 aromatic rings. The van der Waals surface area contributed by atoms with Crippen molar-refractivity contribution in [2.45, 2.75) is 57.9 Å². The van der Waals surface area contributed by atoms with Crippen LogP contribution in [0.3, 0.4) is 0 Å². The molecule has 3 aromatic carbocycles. The minimum absolute atomic E-state index is 0.0261. The number of hydrogen-bond donors (Lipinski definition) is 0. The van der Waals surface area contributed by atoms with Crippen molar-refractivity contribution in [3.8, 4) is 5.75 Å². The van der Waals surface area contributed by atoms with Crippen LogP contribution in [-0.2, 0) is 16.7 Å². The van der Waals surface area contributed by atoms with E-state index in [1.807, 2.05) is 39.8 Å². The van der Waals surface area contributed by atoms with Gasteiger partial charge in [-0.1, -0.05) is 42.5 Å². The van der Waals surface area contributed by atoms with Crippen LogP contribution in [0.25, 0.3) is 0 Å². The van der Waals surface area contributed by atoms with Crippen molar-refractivity contribution in [1.29, 1.82) is 0 Å². The van der Waals surface area contributed by atoms with Gasteiger partial charge in [0.25, 0.3) is 5.91 Å². The van der Waals surface area contributed by atoms with E-state index in [9.17, 15) is 30.8 Å². The third-order valence-corrected chi connectivity index (χ3v) is 8.99. The van der Waals surface area contributed by atoms with E-state index in [0.717, 1.165) is 11.6 Å². The lowest BCUT2D eigenvalue weighted by molar-refractivity contribution is -0.0500. The van der Waals surface area contributed by atoms with Crippen molar-refractivity contribution < 1.29 is 35.0 Å². The van der Waals surface area contributed by atoms with Crippen LogP contribution in [0.1, 0.15) is 60.8 Å². The third kappa shape index (κ3) is 7.41. The van der Waals surface area contributed by atoms with Crippen LogP contribution in [0.4, 0.5) is 17.6 Å². The van der Waals surface area contributed by atoms with E-state index in [-0.39, 0.29) is 23.8 Å². The van der Waals surface area contributed by atoms with Gasteiger partial charge in [0.05, 0.1) is 6.04 Å². The van der Waals surface area contributed by atoms with Crippen LogP contribution in [-0.4, -0.2) is 72.8 Å². The number of rotatable bonds is 10. The average molecular weight is 636 g/mol. The van der Waals surface area contributed by atoms with Gasteiger partial charge < -0.3 is 9.08 Å². The predicted octanol–water partition coefficient (Wildman–Crippen LogP) is 6.22. The largest absolute Gasteiger partial charge is 0.534 e. The number of carbonyl (C=O) groups is 1. The molecule has 0 saturated carbocycles. The summed E-state index contributed by atoms with van der Waals surface area (Å²) in [6, 6.07) is 18.7. The summed E-state index contributed by atoms with van der Waals surface area (Å²) >= 11 is 0. The molecule has 44 heavy (non-hydrogen) atoms. The van der Waals surface area contributed by atoms with E-state index < -0.39 is 27.4 Å². The summed E-state index contributed by atoms with van der Waals surface area (Å²) in [6.07, 6.45) is 0. The first-order valence-electron chi connectivity index (χ1n) is 14.5. The number of amides is 1.